The Labute approximate surface area is 107 Å². The molecule has 0 bridgehead atoms. The molecule has 1 fully saturated rings. The molecule has 2 unspecified atom stereocenters. The number of ether oxygens (including phenoxy) is 1. The molecule has 5 nitrogen and oxygen atoms in total. The minimum Gasteiger partial charge on any atom is -0.379 e. The molecule has 1 aromatic rings. The van der Waals surface area contributed by atoms with Gasteiger partial charge in [-0.25, -0.2) is 0 Å². The molecule has 2 atom stereocenters. The van der Waals surface area contributed by atoms with Crippen molar-refractivity contribution in [2.75, 3.05) is 13.2 Å². The molecular weight excluding hydrogens is 230 g/mol. The van der Waals surface area contributed by atoms with E-state index in [1.807, 2.05) is 23.9 Å². The molecule has 2 rings (SSSR count). The molecule has 0 saturated carbocycles. The van der Waals surface area contributed by atoms with Crippen molar-refractivity contribution in [3.05, 3.63) is 18.0 Å². The maximum Gasteiger partial charge on any atom is 0.148 e. The van der Waals surface area contributed by atoms with Gasteiger partial charge in [0.15, 0.2) is 0 Å². The second-order valence-corrected chi connectivity index (χ2v) is 5.52. The van der Waals surface area contributed by atoms with Crippen LogP contribution < -0.4 is 5.73 Å². The van der Waals surface area contributed by atoms with Gasteiger partial charge in [-0.3, -0.25) is 9.48 Å². The first-order chi connectivity index (χ1) is 8.43. The fourth-order valence-electron chi connectivity index (χ4n) is 2.10. The normalized spacial score (nSPS) is 27.9. The number of Topliss-reactive ketones (excluding diaryl/α,β-unsaturated/α-hetero) is 1. The highest BCUT2D eigenvalue weighted by atomic mass is 16.5. The molecule has 1 aromatic heterocycles. The van der Waals surface area contributed by atoms with E-state index in [9.17, 15) is 4.79 Å². The molecular formula is C13H21N3O2. The minimum atomic E-state index is -0.568. The van der Waals surface area contributed by atoms with Crippen LogP contribution in [0.15, 0.2) is 12.3 Å². The minimum absolute atomic E-state index is 0.113. The number of carbonyl (C=O) groups is 1. The van der Waals surface area contributed by atoms with Crippen molar-refractivity contribution in [3.8, 4) is 0 Å². The van der Waals surface area contributed by atoms with E-state index in [1.54, 1.807) is 0 Å². The molecule has 18 heavy (non-hydrogen) atoms. The summed E-state index contributed by atoms with van der Waals surface area (Å²) in [4.78, 5) is 12.3. The lowest BCUT2D eigenvalue weighted by atomic mass is 9.80. The Kier molecular flexibility index (Phi) is 3.54. The van der Waals surface area contributed by atoms with Crippen molar-refractivity contribution >= 4 is 5.78 Å². The Bertz CT molecular complexity index is 441. The van der Waals surface area contributed by atoms with Crippen molar-refractivity contribution in [1.29, 1.82) is 0 Å². The van der Waals surface area contributed by atoms with Gasteiger partial charge in [-0.05, 0) is 26.8 Å². The van der Waals surface area contributed by atoms with Crippen molar-refractivity contribution in [1.82, 2.24) is 9.78 Å². The van der Waals surface area contributed by atoms with E-state index in [1.165, 1.54) is 0 Å². The third-order valence-corrected chi connectivity index (χ3v) is 3.69. The monoisotopic (exact) mass is 251 g/mol. The average molecular weight is 251 g/mol. The lowest BCUT2D eigenvalue weighted by Crippen LogP contribution is -2.45. The number of hydrogen-bond acceptors (Lipinski definition) is 4. The van der Waals surface area contributed by atoms with E-state index in [-0.39, 0.29) is 11.8 Å². The predicted octanol–water partition coefficient (Wildman–Crippen LogP) is 0.939. The molecule has 0 radical (unpaired) electrons. The Morgan fingerprint density at radius 3 is 2.94 bits per heavy atom. The smallest absolute Gasteiger partial charge is 0.148 e. The zero-order chi connectivity index (χ0) is 13.3. The summed E-state index contributed by atoms with van der Waals surface area (Å²) in [5, 5.41) is 4.39. The molecule has 0 aromatic carbocycles. The third-order valence-electron chi connectivity index (χ3n) is 3.69. The summed E-state index contributed by atoms with van der Waals surface area (Å²) in [6, 6.07) is 1.99. The second-order valence-electron chi connectivity index (χ2n) is 5.52. The largest absolute Gasteiger partial charge is 0.379 e. The van der Waals surface area contributed by atoms with E-state index in [4.69, 9.17) is 10.5 Å². The zero-order valence-electron chi connectivity index (χ0n) is 11.2. The standard InChI is InChI=1S/C13H21N3O2/c1-9(2)16-5-4-10(15-16)6-12(17)13(3)8-18-7-11(13)14/h4-5,9,11H,6-8,14H2,1-3H3. The fourth-order valence-corrected chi connectivity index (χ4v) is 2.10. The first kappa shape index (κ1) is 13.2. The maximum absolute atomic E-state index is 12.3. The number of nitrogens with two attached hydrogens (primary N) is 1. The highest BCUT2D eigenvalue weighted by molar-refractivity contribution is 5.87. The van der Waals surface area contributed by atoms with E-state index in [0.29, 0.717) is 25.7 Å². The summed E-state index contributed by atoms with van der Waals surface area (Å²) in [5.74, 6) is 0.113. The summed E-state index contributed by atoms with van der Waals surface area (Å²) in [5.41, 5.74) is 6.18. The van der Waals surface area contributed by atoms with Gasteiger partial charge in [-0.15, -0.1) is 0 Å². The van der Waals surface area contributed by atoms with Gasteiger partial charge in [0.05, 0.1) is 30.7 Å². The van der Waals surface area contributed by atoms with Crippen molar-refractivity contribution in [2.45, 2.75) is 39.3 Å². The van der Waals surface area contributed by atoms with E-state index in [0.717, 1.165) is 5.69 Å². The highest BCUT2D eigenvalue weighted by Crippen LogP contribution is 2.29. The SMILES string of the molecule is CC(C)n1ccc(CC(=O)C2(C)COCC2N)n1. The highest BCUT2D eigenvalue weighted by Gasteiger charge is 2.43. The number of ketones is 1. The first-order valence-electron chi connectivity index (χ1n) is 6.34. The van der Waals surface area contributed by atoms with Gasteiger partial charge in [0.2, 0.25) is 0 Å². The lowest BCUT2D eigenvalue weighted by Gasteiger charge is -2.24. The Hall–Kier alpha value is -1.20. The van der Waals surface area contributed by atoms with Crippen LogP contribution >= 0.6 is 0 Å². The van der Waals surface area contributed by atoms with Crippen LogP contribution in [0.25, 0.3) is 0 Å². The summed E-state index contributed by atoms with van der Waals surface area (Å²) >= 11 is 0. The third kappa shape index (κ3) is 2.33. The van der Waals surface area contributed by atoms with Gasteiger partial charge in [-0.1, -0.05) is 0 Å². The van der Waals surface area contributed by atoms with Crippen LogP contribution in [0.5, 0.6) is 0 Å². The van der Waals surface area contributed by atoms with Gasteiger partial charge in [0.25, 0.3) is 0 Å². The summed E-state index contributed by atoms with van der Waals surface area (Å²) in [6.07, 6.45) is 2.23. The number of rotatable bonds is 4. The molecule has 1 aliphatic rings. The summed E-state index contributed by atoms with van der Waals surface area (Å²) < 4.78 is 7.16. The van der Waals surface area contributed by atoms with E-state index >= 15 is 0 Å². The van der Waals surface area contributed by atoms with Crippen LogP contribution in [0.2, 0.25) is 0 Å². The van der Waals surface area contributed by atoms with Gasteiger partial charge in [0.1, 0.15) is 5.78 Å². The predicted molar refractivity (Wildman–Crippen MR) is 68.2 cm³/mol. The van der Waals surface area contributed by atoms with Crippen molar-refractivity contribution in [3.63, 3.8) is 0 Å². The van der Waals surface area contributed by atoms with Gasteiger partial charge < -0.3 is 10.5 Å². The first-order valence-corrected chi connectivity index (χ1v) is 6.34. The lowest BCUT2D eigenvalue weighted by molar-refractivity contribution is -0.127. The molecule has 1 aliphatic heterocycles. The van der Waals surface area contributed by atoms with Gasteiger partial charge in [-0.2, -0.15) is 5.10 Å². The van der Waals surface area contributed by atoms with Gasteiger partial charge >= 0.3 is 0 Å². The molecule has 0 aliphatic carbocycles. The van der Waals surface area contributed by atoms with E-state index < -0.39 is 5.41 Å². The van der Waals surface area contributed by atoms with Crippen LogP contribution in [-0.2, 0) is 16.0 Å². The van der Waals surface area contributed by atoms with Crippen LogP contribution in [0.1, 0.15) is 32.5 Å². The van der Waals surface area contributed by atoms with Crippen LogP contribution in [0.4, 0.5) is 0 Å². The Balaban J connectivity index is 2.06. The van der Waals surface area contributed by atoms with Crippen LogP contribution in [0.3, 0.4) is 0 Å². The van der Waals surface area contributed by atoms with Crippen LogP contribution in [0, 0.1) is 5.41 Å². The number of hydrogen-bond donors (Lipinski definition) is 1. The molecule has 0 amide bonds. The molecule has 2 N–H and O–H groups in total. The Morgan fingerprint density at radius 1 is 1.72 bits per heavy atom. The summed E-state index contributed by atoms with van der Waals surface area (Å²) in [7, 11) is 0. The number of carbonyl (C=O) groups excluding carboxylic acids is 1. The molecule has 2 heterocycles. The van der Waals surface area contributed by atoms with Crippen molar-refractivity contribution < 1.29 is 9.53 Å². The van der Waals surface area contributed by atoms with E-state index in [2.05, 4.69) is 18.9 Å². The summed E-state index contributed by atoms with van der Waals surface area (Å²) in [6.45, 7) is 6.87. The average Bonchev–Trinajstić information content (AvgIpc) is 2.88. The second kappa shape index (κ2) is 4.82. The van der Waals surface area contributed by atoms with Crippen LogP contribution in [-0.4, -0.2) is 34.8 Å². The maximum atomic E-state index is 12.3. The van der Waals surface area contributed by atoms with Crippen molar-refractivity contribution in [2.24, 2.45) is 11.1 Å². The number of aromatic nitrogens is 2. The van der Waals surface area contributed by atoms with Gasteiger partial charge in [0, 0.05) is 18.3 Å². The fraction of sp³-hybridized carbons (Fsp3) is 0.692. The Morgan fingerprint density at radius 2 is 2.44 bits per heavy atom. The molecule has 0 spiro atoms. The topological polar surface area (TPSA) is 70.1 Å². The zero-order valence-corrected chi connectivity index (χ0v) is 11.2. The molecule has 5 heteroatoms. The number of nitrogens with zero attached hydrogens (tertiary/aromatic N) is 2. The quantitative estimate of drug-likeness (QED) is 0.864. The molecule has 100 valence electrons. The molecule has 1 saturated heterocycles.